The van der Waals surface area contributed by atoms with Crippen molar-refractivity contribution in [2.75, 3.05) is 18.0 Å². The Morgan fingerprint density at radius 1 is 1.09 bits per heavy atom. The number of aromatic nitrogens is 1. The lowest BCUT2D eigenvalue weighted by atomic mass is 10.0. The average Bonchev–Trinajstić information content (AvgIpc) is 2.57. The van der Waals surface area contributed by atoms with Gasteiger partial charge in [-0.3, -0.25) is 9.59 Å². The molecule has 2 aromatic rings. The van der Waals surface area contributed by atoms with E-state index in [2.05, 4.69) is 27.3 Å². The number of piperidine rings is 1. The molecule has 3 rings (SSSR count). The van der Waals surface area contributed by atoms with Gasteiger partial charge < -0.3 is 15.2 Å². The van der Waals surface area contributed by atoms with Gasteiger partial charge in [0.15, 0.2) is 0 Å². The molecule has 2 N–H and O–H groups in total. The molecule has 1 saturated heterocycles. The fourth-order valence-corrected chi connectivity index (χ4v) is 2.78. The second-order valence-electron chi connectivity index (χ2n) is 5.48. The van der Waals surface area contributed by atoms with Crippen LogP contribution in [0.4, 0.5) is 5.69 Å². The molecule has 1 fully saturated rings. The number of nitrogens with zero attached hydrogens (tertiary/aromatic N) is 1. The molecule has 0 radical (unpaired) electrons. The van der Waals surface area contributed by atoms with Crippen LogP contribution in [0.25, 0.3) is 0 Å². The normalized spacial score (nSPS) is 15.5. The largest absolute Gasteiger partial charge is 0.371 e. The van der Waals surface area contributed by atoms with E-state index in [1.165, 1.54) is 11.9 Å². The minimum atomic E-state index is -0.346. The number of amides is 1. The predicted molar refractivity (Wildman–Crippen MR) is 86.2 cm³/mol. The molecule has 22 heavy (non-hydrogen) atoms. The number of benzene rings is 1. The zero-order chi connectivity index (χ0) is 15.4. The van der Waals surface area contributed by atoms with Crippen LogP contribution in [-0.2, 0) is 0 Å². The summed E-state index contributed by atoms with van der Waals surface area (Å²) in [7, 11) is 0. The first-order chi connectivity index (χ1) is 10.7. The van der Waals surface area contributed by atoms with Crippen LogP contribution in [0.5, 0.6) is 0 Å². The molecule has 1 amide bonds. The van der Waals surface area contributed by atoms with Gasteiger partial charge in [-0.25, -0.2) is 0 Å². The summed E-state index contributed by atoms with van der Waals surface area (Å²) >= 11 is 0. The third-order valence-corrected chi connectivity index (χ3v) is 4.01. The maximum Gasteiger partial charge on any atom is 0.260 e. The molecule has 0 aliphatic carbocycles. The van der Waals surface area contributed by atoms with E-state index in [4.69, 9.17) is 0 Å². The van der Waals surface area contributed by atoms with Gasteiger partial charge in [0.2, 0.25) is 0 Å². The molecule has 0 atom stereocenters. The van der Waals surface area contributed by atoms with Crippen molar-refractivity contribution in [2.45, 2.75) is 18.9 Å². The van der Waals surface area contributed by atoms with E-state index in [1.54, 1.807) is 12.1 Å². The van der Waals surface area contributed by atoms with E-state index in [-0.39, 0.29) is 23.1 Å². The lowest BCUT2D eigenvalue weighted by Gasteiger charge is -2.33. The minimum absolute atomic E-state index is 0.118. The Balaban J connectivity index is 1.57. The van der Waals surface area contributed by atoms with Gasteiger partial charge in [-0.1, -0.05) is 18.2 Å². The number of pyridine rings is 1. The van der Waals surface area contributed by atoms with Gasteiger partial charge in [-0.2, -0.15) is 0 Å². The van der Waals surface area contributed by atoms with Crippen molar-refractivity contribution in [3.8, 4) is 0 Å². The molecule has 1 aliphatic heterocycles. The molecule has 0 bridgehead atoms. The number of nitrogens with one attached hydrogen (secondary N) is 2. The van der Waals surface area contributed by atoms with Crippen molar-refractivity contribution in [3.63, 3.8) is 0 Å². The molecule has 1 aliphatic rings. The average molecular weight is 297 g/mol. The molecule has 5 nitrogen and oxygen atoms in total. The first-order valence-corrected chi connectivity index (χ1v) is 7.52. The number of aromatic amines is 1. The van der Waals surface area contributed by atoms with Crippen molar-refractivity contribution >= 4 is 11.6 Å². The van der Waals surface area contributed by atoms with Gasteiger partial charge in [-0.05, 0) is 37.1 Å². The van der Waals surface area contributed by atoms with Crippen molar-refractivity contribution in [1.82, 2.24) is 10.3 Å². The number of carbonyl (C=O) groups is 1. The molecule has 0 saturated carbocycles. The number of para-hydroxylation sites is 1. The summed E-state index contributed by atoms with van der Waals surface area (Å²) in [5.41, 5.74) is 1.04. The van der Waals surface area contributed by atoms with Crippen LogP contribution in [0, 0.1) is 0 Å². The maximum atomic E-state index is 12.1. The quantitative estimate of drug-likeness (QED) is 0.907. The van der Waals surface area contributed by atoms with Crippen LogP contribution in [0.2, 0.25) is 0 Å². The van der Waals surface area contributed by atoms with Crippen LogP contribution in [0.1, 0.15) is 23.2 Å². The highest BCUT2D eigenvalue weighted by molar-refractivity contribution is 5.93. The Hall–Kier alpha value is -2.56. The SMILES string of the molecule is O=C(NC1CCN(c2ccccc2)CC1)c1ccc[nH]c1=O. The van der Waals surface area contributed by atoms with E-state index in [0.717, 1.165) is 25.9 Å². The Morgan fingerprint density at radius 3 is 2.50 bits per heavy atom. The van der Waals surface area contributed by atoms with E-state index in [1.807, 2.05) is 18.2 Å². The fourth-order valence-electron chi connectivity index (χ4n) is 2.78. The first kappa shape index (κ1) is 14.4. The summed E-state index contributed by atoms with van der Waals surface area (Å²) in [4.78, 5) is 28.6. The molecular formula is C17H19N3O2. The Morgan fingerprint density at radius 2 is 1.82 bits per heavy atom. The summed E-state index contributed by atoms with van der Waals surface area (Å²) in [6, 6.07) is 13.6. The summed E-state index contributed by atoms with van der Waals surface area (Å²) in [5.74, 6) is -0.292. The van der Waals surface area contributed by atoms with E-state index < -0.39 is 0 Å². The third kappa shape index (κ3) is 3.19. The van der Waals surface area contributed by atoms with Gasteiger partial charge in [0.25, 0.3) is 11.5 Å². The number of rotatable bonds is 3. The first-order valence-electron chi connectivity index (χ1n) is 7.52. The third-order valence-electron chi connectivity index (χ3n) is 4.01. The molecule has 0 unspecified atom stereocenters. The molecule has 5 heteroatoms. The van der Waals surface area contributed by atoms with Gasteiger partial charge in [0.05, 0.1) is 0 Å². The minimum Gasteiger partial charge on any atom is -0.371 e. The lowest BCUT2D eigenvalue weighted by Crippen LogP contribution is -2.45. The second-order valence-corrected chi connectivity index (χ2v) is 5.48. The van der Waals surface area contributed by atoms with Crippen LogP contribution in [0.3, 0.4) is 0 Å². The summed E-state index contributed by atoms with van der Waals surface area (Å²) < 4.78 is 0. The fraction of sp³-hybridized carbons (Fsp3) is 0.294. The van der Waals surface area contributed by atoms with Crippen molar-refractivity contribution < 1.29 is 4.79 Å². The van der Waals surface area contributed by atoms with Crippen molar-refractivity contribution in [2.24, 2.45) is 0 Å². The highest BCUT2D eigenvalue weighted by Crippen LogP contribution is 2.19. The molecule has 114 valence electrons. The molecule has 1 aromatic heterocycles. The second kappa shape index (κ2) is 6.47. The molecule has 0 spiro atoms. The Kier molecular flexibility index (Phi) is 4.23. The summed E-state index contributed by atoms with van der Waals surface area (Å²) in [5, 5.41) is 2.96. The highest BCUT2D eigenvalue weighted by atomic mass is 16.2. The van der Waals surface area contributed by atoms with Crippen molar-refractivity contribution in [1.29, 1.82) is 0 Å². The lowest BCUT2D eigenvalue weighted by molar-refractivity contribution is 0.0929. The number of anilines is 1. The van der Waals surface area contributed by atoms with Crippen LogP contribution < -0.4 is 15.8 Å². The Bertz CT molecular complexity index is 688. The van der Waals surface area contributed by atoms with Gasteiger partial charge in [0.1, 0.15) is 5.56 Å². The van der Waals surface area contributed by atoms with Gasteiger partial charge >= 0.3 is 0 Å². The summed E-state index contributed by atoms with van der Waals surface area (Å²) in [6.45, 7) is 1.81. The monoisotopic (exact) mass is 297 g/mol. The van der Waals surface area contributed by atoms with Gasteiger partial charge in [-0.15, -0.1) is 0 Å². The smallest absolute Gasteiger partial charge is 0.260 e. The number of carbonyl (C=O) groups excluding carboxylic acids is 1. The maximum absolute atomic E-state index is 12.1. The van der Waals surface area contributed by atoms with Crippen LogP contribution in [-0.4, -0.2) is 30.0 Å². The standard InChI is InChI=1S/C17H19N3O2/c21-16-15(7-4-10-18-16)17(22)19-13-8-11-20(12-9-13)14-5-2-1-3-6-14/h1-7,10,13H,8-9,11-12H2,(H,18,21)(H,19,22). The predicted octanol–water partition coefficient (Wildman–Crippen LogP) is 1.77. The van der Waals surface area contributed by atoms with E-state index >= 15 is 0 Å². The van der Waals surface area contributed by atoms with Gasteiger partial charge in [0, 0.05) is 31.0 Å². The van der Waals surface area contributed by atoms with E-state index in [9.17, 15) is 9.59 Å². The number of hydrogen-bond acceptors (Lipinski definition) is 3. The molecular weight excluding hydrogens is 278 g/mol. The Labute approximate surface area is 129 Å². The highest BCUT2D eigenvalue weighted by Gasteiger charge is 2.22. The number of hydrogen-bond donors (Lipinski definition) is 2. The summed E-state index contributed by atoms with van der Waals surface area (Å²) in [6.07, 6.45) is 3.29. The van der Waals surface area contributed by atoms with Crippen LogP contribution >= 0.6 is 0 Å². The van der Waals surface area contributed by atoms with E-state index in [0.29, 0.717) is 0 Å². The molecule has 1 aromatic carbocycles. The zero-order valence-electron chi connectivity index (χ0n) is 12.3. The number of H-pyrrole nitrogens is 1. The topological polar surface area (TPSA) is 65.2 Å². The molecule has 2 heterocycles. The van der Waals surface area contributed by atoms with Crippen LogP contribution in [0.15, 0.2) is 53.5 Å². The van der Waals surface area contributed by atoms with Crippen molar-refractivity contribution in [3.05, 3.63) is 64.6 Å². The zero-order valence-corrected chi connectivity index (χ0v) is 12.3.